The van der Waals surface area contributed by atoms with Gasteiger partial charge in [0.15, 0.2) is 22.9 Å². The van der Waals surface area contributed by atoms with Crippen molar-refractivity contribution in [1.82, 2.24) is 10.3 Å². The van der Waals surface area contributed by atoms with Crippen LogP contribution in [0.5, 0.6) is 5.75 Å². The molecule has 2 aromatic rings. The summed E-state index contributed by atoms with van der Waals surface area (Å²) < 4.78 is 19.4. The molecule has 7 heteroatoms. The van der Waals surface area contributed by atoms with E-state index in [9.17, 15) is 4.39 Å². The Morgan fingerprint density at radius 3 is 3.00 bits per heavy atom. The first-order valence-electron chi connectivity index (χ1n) is 6.32. The summed E-state index contributed by atoms with van der Waals surface area (Å²) >= 11 is 1.26. The summed E-state index contributed by atoms with van der Waals surface area (Å²) in [6, 6.07) is 8.03. The molecule has 1 heterocycles. The lowest BCUT2D eigenvalue weighted by atomic mass is 10.3. The van der Waals surface area contributed by atoms with E-state index in [0.29, 0.717) is 10.9 Å². The van der Waals surface area contributed by atoms with Crippen molar-refractivity contribution in [2.45, 2.75) is 6.61 Å². The first kappa shape index (κ1) is 15.8. The molecule has 0 spiro atoms. The van der Waals surface area contributed by atoms with E-state index in [4.69, 9.17) is 10.00 Å². The van der Waals surface area contributed by atoms with Crippen LogP contribution in [0.4, 0.5) is 10.1 Å². The van der Waals surface area contributed by atoms with Gasteiger partial charge in [-0.2, -0.15) is 5.26 Å². The summed E-state index contributed by atoms with van der Waals surface area (Å²) in [4.78, 5) is 8.09. The Kier molecular flexibility index (Phi) is 5.74. The van der Waals surface area contributed by atoms with Gasteiger partial charge in [0.1, 0.15) is 6.61 Å². The number of hydrogen-bond acceptors (Lipinski definition) is 5. The number of nitrogens with zero attached hydrogens (tertiary/aromatic N) is 3. The van der Waals surface area contributed by atoms with Gasteiger partial charge in [-0.25, -0.2) is 9.38 Å². The highest BCUT2D eigenvalue weighted by molar-refractivity contribution is 8.13. The van der Waals surface area contributed by atoms with Crippen LogP contribution in [0, 0.1) is 17.3 Å². The summed E-state index contributed by atoms with van der Waals surface area (Å²) in [6.45, 7) is 0.236. The second-order valence-corrected chi connectivity index (χ2v) is 4.92. The molecule has 1 aromatic heterocycles. The van der Waals surface area contributed by atoms with Crippen LogP contribution in [0.15, 0.2) is 47.7 Å². The number of amidine groups is 1. The fraction of sp³-hybridized carbons (Fsp3) is 0.133. The van der Waals surface area contributed by atoms with Crippen LogP contribution < -0.4 is 10.1 Å². The first-order chi connectivity index (χ1) is 10.7. The van der Waals surface area contributed by atoms with Gasteiger partial charge in [-0.15, -0.1) is 0 Å². The Hall–Kier alpha value is -2.59. The molecule has 1 N–H and O–H groups in total. The van der Waals surface area contributed by atoms with Crippen LogP contribution in [0.3, 0.4) is 0 Å². The summed E-state index contributed by atoms with van der Waals surface area (Å²) in [6.07, 6.45) is 6.87. The molecule has 1 aromatic carbocycles. The van der Waals surface area contributed by atoms with Crippen LogP contribution in [-0.2, 0) is 6.61 Å². The van der Waals surface area contributed by atoms with Crippen LogP contribution in [0.1, 0.15) is 5.56 Å². The normalized spacial score (nSPS) is 10.9. The number of rotatable bonds is 4. The maximum atomic E-state index is 14.0. The number of aromatic nitrogens is 1. The second kappa shape index (κ2) is 8.00. The minimum absolute atomic E-state index is 0.141. The lowest BCUT2D eigenvalue weighted by molar-refractivity contribution is 0.290. The molecule has 112 valence electrons. The van der Waals surface area contributed by atoms with E-state index in [1.807, 2.05) is 6.07 Å². The van der Waals surface area contributed by atoms with Gasteiger partial charge in [-0.05, 0) is 24.5 Å². The van der Waals surface area contributed by atoms with Gasteiger partial charge >= 0.3 is 0 Å². The highest BCUT2D eigenvalue weighted by Gasteiger charge is 2.06. The van der Waals surface area contributed by atoms with Crippen molar-refractivity contribution in [2.24, 2.45) is 4.99 Å². The van der Waals surface area contributed by atoms with Gasteiger partial charge in [0.25, 0.3) is 0 Å². The van der Waals surface area contributed by atoms with Gasteiger partial charge in [0.2, 0.25) is 0 Å². The zero-order valence-electron chi connectivity index (χ0n) is 11.8. The number of nitriles is 1. The van der Waals surface area contributed by atoms with E-state index in [1.165, 1.54) is 23.9 Å². The molecule has 0 unspecified atom stereocenters. The number of nitrogens with one attached hydrogen (secondary N) is 1. The lowest BCUT2D eigenvalue weighted by Gasteiger charge is -2.08. The zero-order chi connectivity index (χ0) is 15.8. The Morgan fingerprint density at radius 1 is 1.50 bits per heavy atom. The molecule has 0 saturated carbocycles. The molecule has 0 aliphatic carbocycles. The maximum Gasteiger partial charge on any atom is 0.183 e. The third kappa shape index (κ3) is 4.46. The van der Waals surface area contributed by atoms with Crippen molar-refractivity contribution in [1.29, 1.82) is 5.26 Å². The Morgan fingerprint density at radius 2 is 2.36 bits per heavy atom. The van der Waals surface area contributed by atoms with Crippen molar-refractivity contribution in [3.63, 3.8) is 0 Å². The first-order valence-corrected chi connectivity index (χ1v) is 7.54. The van der Waals surface area contributed by atoms with Crippen molar-refractivity contribution in [3.05, 3.63) is 54.1 Å². The summed E-state index contributed by atoms with van der Waals surface area (Å²) in [5, 5.41) is 11.4. The smallest absolute Gasteiger partial charge is 0.183 e. The number of pyridine rings is 1. The molecular weight excluding hydrogens is 303 g/mol. The Bertz CT molecular complexity index is 700. The molecular formula is C15H13FN4OS. The number of aliphatic imine (C=N–C) groups is 1. The standard InChI is InChI=1S/C15H13FN4OS/c1-22-15(19-10-17)20-12-4-5-14(13(16)7-12)21-9-11-3-2-6-18-8-11/h2-8H,9H2,1H3,(H,19,20). The van der Waals surface area contributed by atoms with E-state index in [-0.39, 0.29) is 12.4 Å². The predicted octanol–water partition coefficient (Wildman–Crippen LogP) is 3.22. The number of hydrogen-bond donors (Lipinski definition) is 1. The van der Waals surface area contributed by atoms with Crippen molar-refractivity contribution < 1.29 is 9.13 Å². The Labute approximate surface area is 131 Å². The van der Waals surface area contributed by atoms with Crippen LogP contribution in [0.25, 0.3) is 0 Å². The van der Waals surface area contributed by atoms with Gasteiger partial charge < -0.3 is 4.74 Å². The summed E-state index contributed by atoms with van der Waals surface area (Å²) in [7, 11) is 0. The molecule has 2 rings (SSSR count). The maximum absolute atomic E-state index is 14.0. The average molecular weight is 316 g/mol. The van der Waals surface area contributed by atoms with E-state index in [2.05, 4.69) is 15.3 Å². The van der Waals surface area contributed by atoms with Crippen LogP contribution in [-0.4, -0.2) is 16.4 Å². The van der Waals surface area contributed by atoms with Crippen LogP contribution >= 0.6 is 11.8 Å². The third-order valence-corrected chi connectivity index (χ3v) is 3.20. The summed E-state index contributed by atoms with van der Waals surface area (Å²) in [5.41, 5.74) is 1.25. The monoisotopic (exact) mass is 316 g/mol. The molecule has 0 aliphatic heterocycles. The van der Waals surface area contributed by atoms with E-state index >= 15 is 0 Å². The highest BCUT2D eigenvalue weighted by atomic mass is 32.2. The molecule has 0 saturated heterocycles. The minimum Gasteiger partial charge on any atom is -0.486 e. The molecule has 0 bridgehead atoms. The Balaban J connectivity index is 2.08. The van der Waals surface area contributed by atoms with E-state index in [0.717, 1.165) is 5.56 Å². The van der Waals surface area contributed by atoms with Crippen molar-refractivity contribution >= 4 is 22.6 Å². The summed E-state index contributed by atoms with van der Waals surface area (Å²) in [5.74, 6) is -0.371. The topological polar surface area (TPSA) is 70.3 Å². The number of halogens is 1. The van der Waals surface area contributed by atoms with Gasteiger partial charge in [-0.3, -0.25) is 10.3 Å². The molecule has 0 radical (unpaired) electrons. The zero-order valence-corrected chi connectivity index (χ0v) is 12.6. The predicted molar refractivity (Wildman–Crippen MR) is 84.3 cm³/mol. The molecule has 0 aliphatic rings. The van der Waals surface area contributed by atoms with Crippen LogP contribution in [0.2, 0.25) is 0 Å². The molecule has 5 nitrogen and oxygen atoms in total. The lowest BCUT2D eigenvalue weighted by Crippen LogP contribution is -2.12. The third-order valence-electron chi connectivity index (χ3n) is 2.62. The SMILES string of the molecule is CSC(=Nc1ccc(OCc2cccnc2)c(F)c1)NC#N. The highest BCUT2D eigenvalue weighted by Crippen LogP contribution is 2.24. The fourth-order valence-corrected chi connectivity index (χ4v) is 1.96. The average Bonchev–Trinajstić information content (AvgIpc) is 2.54. The molecule has 0 atom stereocenters. The molecule has 0 amide bonds. The van der Waals surface area contributed by atoms with Crippen molar-refractivity contribution in [3.8, 4) is 11.9 Å². The molecule has 0 fully saturated rings. The number of ether oxygens (including phenoxy) is 1. The van der Waals surface area contributed by atoms with Gasteiger partial charge in [0, 0.05) is 24.0 Å². The minimum atomic E-state index is -0.512. The molecule has 22 heavy (non-hydrogen) atoms. The number of thioether (sulfide) groups is 1. The number of benzene rings is 1. The van der Waals surface area contributed by atoms with Crippen molar-refractivity contribution in [2.75, 3.05) is 6.26 Å². The van der Waals surface area contributed by atoms with E-state index in [1.54, 1.807) is 37.0 Å². The van der Waals surface area contributed by atoms with Gasteiger partial charge in [-0.1, -0.05) is 17.8 Å². The second-order valence-electron chi connectivity index (χ2n) is 4.12. The largest absolute Gasteiger partial charge is 0.486 e. The van der Waals surface area contributed by atoms with E-state index < -0.39 is 5.82 Å². The fourth-order valence-electron chi connectivity index (χ4n) is 1.61. The quantitative estimate of drug-likeness (QED) is 0.406. The van der Waals surface area contributed by atoms with Gasteiger partial charge in [0.05, 0.1) is 5.69 Å².